The van der Waals surface area contributed by atoms with E-state index in [0.717, 1.165) is 4.47 Å². The average molecular weight is 341 g/mol. The third kappa shape index (κ3) is 5.08. The molecular formula is C12H9BrN2OS2. The van der Waals surface area contributed by atoms with Gasteiger partial charge in [-0.2, -0.15) is 10.3 Å². The summed E-state index contributed by atoms with van der Waals surface area (Å²) in [6.45, 7) is 0. The molecule has 0 aliphatic heterocycles. The van der Waals surface area contributed by atoms with Gasteiger partial charge in [0.1, 0.15) is 4.38 Å². The van der Waals surface area contributed by atoms with Crippen LogP contribution in [0.5, 0.6) is 0 Å². The van der Waals surface area contributed by atoms with Gasteiger partial charge in [-0.15, -0.1) is 11.8 Å². The first-order valence-electron chi connectivity index (χ1n) is 4.81. The molecule has 18 heavy (non-hydrogen) atoms. The van der Waals surface area contributed by atoms with Gasteiger partial charge in [-0.05, 0) is 42.0 Å². The highest BCUT2D eigenvalue weighted by molar-refractivity contribution is 9.10. The zero-order chi connectivity index (χ0) is 13.4. The van der Waals surface area contributed by atoms with Gasteiger partial charge in [0.15, 0.2) is 5.78 Å². The molecule has 0 aromatic heterocycles. The topological polar surface area (TPSA) is 53.2 Å². The molecule has 1 rings (SSSR count). The predicted octanol–water partition coefficient (Wildman–Crippen LogP) is 4.08. The van der Waals surface area contributed by atoms with E-state index >= 15 is 0 Å². The van der Waals surface area contributed by atoms with E-state index in [0.29, 0.717) is 9.94 Å². The Labute approximate surface area is 122 Å². The number of benzene rings is 1. The highest BCUT2D eigenvalue weighted by Crippen LogP contribution is 2.16. The van der Waals surface area contributed by atoms with Gasteiger partial charge in [0, 0.05) is 10.0 Å². The van der Waals surface area contributed by atoms with Crippen LogP contribution in [0.25, 0.3) is 0 Å². The number of thioether (sulfide) groups is 2. The van der Waals surface area contributed by atoms with Crippen molar-refractivity contribution in [1.82, 2.24) is 0 Å². The summed E-state index contributed by atoms with van der Waals surface area (Å²) in [6, 6.07) is 7.14. The van der Waals surface area contributed by atoms with Crippen molar-refractivity contribution in [2.45, 2.75) is 0 Å². The minimum Gasteiger partial charge on any atom is -0.289 e. The maximum absolute atomic E-state index is 11.8. The second-order valence-corrected chi connectivity index (χ2v) is 5.84. The van der Waals surface area contributed by atoms with Crippen LogP contribution < -0.4 is 0 Å². The van der Waals surface area contributed by atoms with Crippen molar-refractivity contribution in [3.63, 3.8) is 0 Å². The standard InChI is InChI=1S/C12H9BrN2OS2/c1-17-12(15-8-14)18-7-6-11(16)9-2-4-10(13)5-3-9/h2-7H,1H3. The van der Waals surface area contributed by atoms with E-state index in [1.807, 2.05) is 18.4 Å². The molecule has 0 fully saturated rings. The number of allylic oxidation sites excluding steroid dienone is 1. The monoisotopic (exact) mass is 340 g/mol. The summed E-state index contributed by atoms with van der Waals surface area (Å²) in [5, 5.41) is 10.1. The van der Waals surface area contributed by atoms with E-state index in [9.17, 15) is 4.79 Å². The average Bonchev–Trinajstić information content (AvgIpc) is 2.38. The van der Waals surface area contributed by atoms with Crippen LogP contribution in [0, 0.1) is 11.5 Å². The number of ketones is 1. The molecule has 1 aromatic rings. The van der Waals surface area contributed by atoms with E-state index in [2.05, 4.69) is 20.9 Å². The summed E-state index contributed by atoms with van der Waals surface area (Å²) in [6.07, 6.45) is 5.01. The lowest BCUT2D eigenvalue weighted by atomic mass is 10.1. The lowest BCUT2D eigenvalue weighted by Crippen LogP contribution is -1.93. The van der Waals surface area contributed by atoms with Crippen LogP contribution >= 0.6 is 39.5 Å². The molecule has 0 unspecified atom stereocenters. The molecule has 0 spiro atoms. The van der Waals surface area contributed by atoms with E-state index in [1.165, 1.54) is 29.6 Å². The quantitative estimate of drug-likeness (QED) is 0.273. The predicted molar refractivity (Wildman–Crippen MR) is 81.8 cm³/mol. The number of aliphatic imine (C=N–C) groups is 1. The SMILES string of the molecule is CSC(=NC#N)SC=CC(=O)c1ccc(Br)cc1. The summed E-state index contributed by atoms with van der Waals surface area (Å²) in [4.78, 5) is 15.4. The summed E-state index contributed by atoms with van der Waals surface area (Å²) in [5.41, 5.74) is 0.623. The summed E-state index contributed by atoms with van der Waals surface area (Å²) in [7, 11) is 0. The van der Waals surface area contributed by atoms with Gasteiger partial charge in [-0.1, -0.05) is 27.7 Å². The minimum atomic E-state index is -0.0765. The molecule has 0 bridgehead atoms. The zero-order valence-corrected chi connectivity index (χ0v) is 12.7. The Hall–Kier alpha value is -1.03. The number of hydrogen-bond acceptors (Lipinski definition) is 5. The summed E-state index contributed by atoms with van der Waals surface area (Å²) >= 11 is 5.93. The first-order valence-corrected chi connectivity index (χ1v) is 7.71. The molecule has 0 radical (unpaired) electrons. The number of nitrogens with zero attached hydrogens (tertiary/aromatic N) is 2. The van der Waals surface area contributed by atoms with Crippen molar-refractivity contribution in [2.75, 3.05) is 6.26 Å². The van der Waals surface area contributed by atoms with Crippen molar-refractivity contribution >= 4 is 49.6 Å². The molecule has 0 saturated heterocycles. The number of halogens is 1. The Bertz CT molecular complexity index is 518. The van der Waals surface area contributed by atoms with Crippen molar-refractivity contribution in [3.8, 4) is 6.19 Å². The van der Waals surface area contributed by atoms with Gasteiger partial charge < -0.3 is 0 Å². The van der Waals surface area contributed by atoms with Gasteiger partial charge in [-0.3, -0.25) is 4.79 Å². The Morgan fingerprint density at radius 3 is 2.67 bits per heavy atom. The van der Waals surface area contributed by atoms with Crippen LogP contribution in [-0.2, 0) is 0 Å². The van der Waals surface area contributed by atoms with Crippen LogP contribution in [0.3, 0.4) is 0 Å². The summed E-state index contributed by atoms with van der Waals surface area (Å²) in [5.74, 6) is -0.0765. The van der Waals surface area contributed by atoms with Crippen molar-refractivity contribution < 1.29 is 4.79 Å². The molecule has 0 saturated carbocycles. The van der Waals surface area contributed by atoms with E-state index in [1.54, 1.807) is 23.7 Å². The Kier molecular flexibility index (Phi) is 6.80. The third-order valence-corrected chi connectivity index (χ3v) is 4.16. The van der Waals surface area contributed by atoms with Crippen LogP contribution in [0.2, 0.25) is 0 Å². The Morgan fingerprint density at radius 1 is 1.44 bits per heavy atom. The van der Waals surface area contributed by atoms with Gasteiger partial charge >= 0.3 is 0 Å². The normalized spacial score (nSPS) is 11.5. The van der Waals surface area contributed by atoms with Crippen LogP contribution in [0.1, 0.15) is 10.4 Å². The van der Waals surface area contributed by atoms with Crippen LogP contribution in [-0.4, -0.2) is 16.4 Å². The van der Waals surface area contributed by atoms with Crippen LogP contribution in [0.15, 0.2) is 45.2 Å². The molecule has 0 aliphatic rings. The highest BCUT2D eigenvalue weighted by Gasteiger charge is 2.01. The highest BCUT2D eigenvalue weighted by atomic mass is 79.9. The van der Waals surface area contributed by atoms with Gasteiger partial charge in [0.25, 0.3) is 0 Å². The molecule has 6 heteroatoms. The molecule has 0 N–H and O–H groups in total. The van der Waals surface area contributed by atoms with Crippen molar-refractivity contribution in [3.05, 3.63) is 45.8 Å². The Balaban J connectivity index is 2.63. The van der Waals surface area contributed by atoms with Crippen molar-refractivity contribution in [2.24, 2.45) is 4.99 Å². The number of rotatable bonds is 3. The summed E-state index contributed by atoms with van der Waals surface area (Å²) < 4.78 is 1.54. The lowest BCUT2D eigenvalue weighted by molar-refractivity contribution is 0.104. The van der Waals surface area contributed by atoms with Gasteiger partial charge in [-0.25, -0.2) is 0 Å². The zero-order valence-electron chi connectivity index (χ0n) is 9.46. The smallest absolute Gasteiger partial charge is 0.207 e. The molecule has 0 aliphatic carbocycles. The minimum absolute atomic E-state index is 0.0765. The van der Waals surface area contributed by atoms with Crippen molar-refractivity contribution in [1.29, 1.82) is 5.26 Å². The molecular weight excluding hydrogens is 332 g/mol. The first kappa shape index (κ1) is 15.0. The Morgan fingerprint density at radius 2 is 2.11 bits per heavy atom. The van der Waals surface area contributed by atoms with Crippen LogP contribution in [0.4, 0.5) is 0 Å². The van der Waals surface area contributed by atoms with E-state index in [4.69, 9.17) is 5.26 Å². The third-order valence-electron chi connectivity index (χ3n) is 1.83. The fourth-order valence-corrected chi connectivity index (χ4v) is 2.37. The lowest BCUT2D eigenvalue weighted by Gasteiger charge is -1.96. The number of carbonyl (C=O) groups is 1. The maximum atomic E-state index is 11.8. The molecule has 92 valence electrons. The molecule has 3 nitrogen and oxygen atoms in total. The largest absolute Gasteiger partial charge is 0.289 e. The second-order valence-electron chi connectivity index (χ2n) is 2.97. The number of hydrogen-bond donors (Lipinski definition) is 0. The molecule has 0 heterocycles. The van der Waals surface area contributed by atoms with E-state index < -0.39 is 0 Å². The van der Waals surface area contributed by atoms with Gasteiger partial charge in [0.05, 0.1) is 0 Å². The fourth-order valence-electron chi connectivity index (χ4n) is 1.03. The first-order chi connectivity index (χ1) is 8.67. The second kappa shape index (κ2) is 8.14. The molecule has 0 atom stereocenters. The molecule has 0 amide bonds. The van der Waals surface area contributed by atoms with Gasteiger partial charge in [0.2, 0.25) is 6.19 Å². The number of carbonyl (C=O) groups excluding carboxylic acids is 1. The molecule has 1 aromatic carbocycles. The number of nitriles is 1. The maximum Gasteiger partial charge on any atom is 0.207 e. The van der Waals surface area contributed by atoms with E-state index in [-0.39, 0.29) is 5.78 Å². The fraction of sp³-hybridized carbons (Fsp3) is 0.0833.